The molecule has 0 radical (unpaired) electrons. The number of amides is 2. The highest BCUT2D eigenvalue weighted by atomic mass is 16.5. The zero-order valence-corrected chi connectivity index (χ0v) is 19.4. The highest BCUT2D eigenvalue weighted by molar-refractivity contribution is 5.96. The molecule has 0 bridgehead atoms. The van der Waals surface area contributed by atoms with Crippen LogP contribution < -0.4 is 16.4 Å². The third-order valence-corrected chi connectivity index (χ3v) is 6.22. The SMILES string of the molecule is Cc1ccc(NC(=O)C(CCCCN)NC(=O)OCC2c3ccccc3-c3ccccc32)cc1. The molecule has 3 aromatic rings. The van der Waals surface area contributed by atoms with Crippen molar-refractivity contribution >= 4 is 17.7 Å². The Hall–Kier alpha value is -3.64. The number of hydrogen-bond donors (Lipinski definition) is 3. The fraction of sp³-hybridized carbons (Fsp3) is 0.286. The van der Waals surface area contributed by atoms with Gasteiger partial charge in [0.2, 0.25) is 5.91 Å². The summed E-state index contributed by atoms with van der Waals surface area (Å²) >= 11 is 0. The van der Waals surface area contributed by atoms with E-state index >= 15 is 0 Å². The van der Waals surface area contributed by atoms with Gasteiger partial charge in [0.05, 0.1) is 0 Å². The maximum atomic E-state index is 12.9. The predicted octanol–water partition coefficient (Wildman–Crippen LogP) is 4.97. The van der Waals surface area contributed by atoms with Crippen molar-refractivity contribution in [1.29, 1.82) is 0 Å². The second kappa shape index (κ2) is 11.0. The average molecular weight is 458 g/mol. The van der Waals surface area contributed by atoms with E-state index in [1.54, 1.807) is 0 Å². The molecule has 0 saturated carbocycles. The summed E-state index contributed by atoms with van der Waals surface area (Å²) in [5.41, 5.74) is 12.0. The fourth-order valence-corrected chi connectivity index (χ4v) is 4.41. The smallest absolute Gasteiger partial charge is 0.407 e. The molecule has 1 atom stereocenters. The molecule has 176 valence electrons. The normalized spacial score (nSPS) is 13.0. The number of benzene rings is 3. The van der Waals surface area contributed by atoms with Crippen LogP contribution in [0.5, 0.6) is 0 Å². The van der Waals surface area contributed by atoms with Gasteiger partial charge in [-0.2, -0.15) is 0 Å². The summed E-state index contributed by atoms with van der Waals surface area (Å²) in [7, 11) is 0. The number of hydrogen-bond acceptors (Lipinski definition) is 4. The zero-order valence-electron chi connectivity index (χ0n) is 19.4. The van der Waals surface area contributed by atoms with E-state index in [2.05, 4.69) is 34.9 Å². The molecule has 6 nitrogen and oxygen atoms in total. The molecule has 1 aliphatic rings. The highest BCUT2D eigenvalue weighted by Crippen LogP contribution is 2.44. The number of anilines is 1. The van der Waals surface area contributed by atoms with Gasteiger partial charge in [-0.3, -0.25) is 4.79 Å². The second-order valence-electron chi connectivity index (χ2n) is 8.66. The first-order valence-electron chi connectivity index (χ1n) is 11.8. The summed E-state index contributed by atoms with van der Waals surface area (Å²) in [6, 6.07) is 23.2. The van der Waals surface area contributed by atoms with E-state index in [0.717, 1.165) is 29.5 Å². The van der Waals surface area contributed by atoms with E-state index in [9.17, 15) is 9.59 Å². The van der Waals surface area contributed by atoms with Gasteiger partial charge in [0.1, 0.15) is 12.6 Å². The molecule has 34 heavy (non-hydrogen) atoms. The van der Waals surface area contributed by atoms with E-state index in [1.807, 2.05) is 55.5 Å². The highest BCUT2D eigenvalue weighted by Gasteiger charge is 2.29. The van der Waals surface area contributed by atoms with E-state index in [1.165, 1.54) is 11.1 Å². The predicted molar refractivity (Wildman–Crippen MR) is 135 cm³/mol. The first-order valence-corrected chi connectivity index (χ1v) is 11.8. The number of unbranched alkanes of at least 4 members (excludes halogenated alkanes) is 1. The van der Waals surface area contributed by atoms with Gasteiger partial charge < -0.3 is 21.1 Å². The third kappa shape index (κ3) is 5.46. The summed E-state index contributed by atoms with van der Waals surface area (Å²) in [4.78, 5) is 25.6. The van der Waals surface area contributed by atoms with Crippen LogP contribution in [0.4, 0.5) is 10.5 Å². The van der Waals surface area contributed by atoms with Crippen molar-refractivity contribution in [3.8, 4) is 11.1 Å². The fourth-order valence-electron chi connectivity index (χ4n) is 4.41. The molecule has 0 aromatic heterocycles. The quantitative estimate of drug-likeness (QED) is 0.396. The monoisotopic (exact) mass is 457 g/mol. The molecule has 1 aliphatic carbocycles. The zero-order chi connectivity index (χ0) is 23.9. The number of nitrogens with one attached hydrogen (secondary N) is 2. The van der Waals surface area contributed by atoms with Crippen molar-refractivity contribution in [1.82, 2.24) is 5.32 Å². The standard InChI is InChI=1S/C28H31N3O3/c1-19-13-15-20(16-14-19)30-27(32)26(12-6-7-17-29)31-28(33)34-18-25-23-10-4-2-8-21(23)22-9-3-5-11-24(22)25/h2-5,8-11,13-16,25-26H,6-7,12,17-18,29H2,1H3,(H,30,32)(H,31,33). The van der Waals surface area contributed by atoms with Crippen LogP contribution in [0, 0.1) is 6.92 Å². The van der Waals surface area contributed by atoms with E-state index < -0.39 is 12.1 Å². The lowest BCUT2D eigenvalue weighted by atomic mass is 9.98. The van der Waals surface area contributed by atoms with Crippen LogP contribution in [-0.4, -0.2) is 31.2 Å². The molecule has 2 amide bonds. The van der Waals surface area contributed by atoms with Gasteiger partial charge in [0.25, 0.3) is 0 Å². The van der Waals surface area contributed by atoms with Crippen molar-refractivity contribution in [2.45, 2.75) is 38.1 Å². The number of alkyl carbamates (subject to hydrolysis) is 1. The second-order valence-corrected chi connectivity index (χ2v) is 8.66. The van der Waals surface area contributed by atoms with Crippen LogP contribution in [0.3, 0.4) is 0 Å². The number of ether oxygens (including phenoxy) is 1. The van der Waals surface area contributed by atoms with Crippen molar-refractivity contribution in [2.24, 2.45) is 5.73 Å². The Labute approximate surface area is 200 Å². The van der Waals surface area contributed by atoms with Gasteiger partial charge in [0.15, 0.2) is 0 Å². The third-order valence-electron chi connectivity index (χ3n) is 6.22. The number of carbonyl (C=O) groups excluding carboxylic acids is 2. The Kier molecular flexibility index (Phi) is 7.60. The first kappa shape index (κ1) is 23.5. The minimum absolute atomic E-state index is 0.0322. The van der Waals surface area contributed by atoms with Gasteiger partial charge in [0, 0.05) is 11.6 Å². The molecule has 4 rings (SSSR count). The maximum Gasteiger partial charge on any atom is 0.407 e. The Morgan fingerprint density at radius 2 is 1.53 bits per heavy atom. The average Bonchev–Trinajstić information content (AvgIpc) is 3.17. The molecule has 6 heteroatoms. The topological polar surface area (TPSA) is 93.5 Å². The molecule has 0 aliphatic heterocycles. The number of nitrogens with two attached hydrogens (primary N) is 1. The van der Waals surface area contributed by atoms with Crippen molar-refractivity contribution < 1.29 is 14.3 Å². The molecule has 0 saturated heterocycles. The van der Waals surface area contributed by atoms with E-state index in [-0.39, 0.29) is 18.4 Å². The van der Waals surface area contributed by atoms with Gasteiger partial charge in [-0.15, -0.1) is 0 Å². The van der Waals surface area contributed by atoms with E-state index in [4.69, 9.17) is 10.5 Å². The van der Waals surface area contributed by atoms with Gasteiger partial charge >= 0.3 is 6.09 Å². The van der Waals surface area contributed by atoms with Gasteiger partial charge in [-0.25, -0.2) is 4.79 Å². The lowest BCUT2D eigenvalue weighted by Crippen LogP contribution is -2.44. The van der Waals surface area contributed by atoms with Crippen molar-refractivity contribution in [3.05, 3.63) is 89.5 Å². The molecule has 4 N–H and O–H groups in total. The molecule has 1 unspecified atom stereocenters. The lowest BCUT2D eigenvalue weighted by molar-refractivity contribution is -0.118. The first-order chi connectivity index (χ1) is 16.6. The van der Waals surface area contributed by atoms with Crippen LogP contribution in [0.1, 0.15) is 41.9 Å². The lowest BCUT2D eigenvalue weighted by Gasteiger charge is -2.20. The van der Waals surface area contributed by atoms with Crippen LogP contribution in [-0.2, 0) is 9.53 Å². The molecule has 0 heterocycles. The van der Waals surface area contributed by atoms with Crippen molar-refractivity contribution in [3.63, 3.8) is 0 Å². The molecule has 3 aromatic carbocycles. The van der Waals surface area contributed by atoms with Crippen LogP contribution in [0.25, 0.3) is 11.1 Å². The van der Waals surface area contributed by atoms with Gasteiger partial charge in [-0.05, 0) is 67.1 Å². The van der Waals surface area contributed by atoms with Crippen molar-refractivity contribution in [2.75, 3.05) is 18.5 Å². The van der Waals surface area contributed by atoms with Crippen LogP contribution >= 0.6 is 0 Å². The Balaban J connectivity index is 1.40. The van der Waals surface area contributed by atoms with E-state index in [0.29, 0.717) is 18.7 Å². The minimum Gasteiger partial charge on any atom is -0.449 e. The summed E-state index contributed by atoms with van der Waals surface area (Å²) < 4.78 is 5.64. The Bertz CT molecular complexity index is 1100. The maximum absolute atomic E-state index is 12.9. The Morgan fingerprint density at radius 1 is 0.912 bits per heavy atom. The van der Waals surface area contributed by atoms with Gasteiger partial charge in [-0.1, -0.05) is 66.2 Å². The van der Waals surface area contributed by atoms with Crippen LogP contribution in [0.2, 0.25) is 0 Å². The largest absolute Gasteiger partial charge is 0.449 e. The molecular formula is C28H31N3O3. The number of aryl methyl sites for hydroxylation is 1. The summed E-state index contributed by atoms with van der Waals surface area (Å²) in [5.74, 6) is -0.301. The van der Waals surface area contributed by atoms with Crippen LogP contribution in [0.15, 0.2) is 72.8 Å². The summed E-state index contributed by atoms with van der Waals surface area (Å²) in [6.45, 7) is 2.73. The molecule has 0 spiro atoms. The number of fused-ring (bicyclic) bond motifs is 3. The molecule has 0 fully saturated rings. The minimum atomic E-state index is -0.705. The number of carbonyl (C=O) groups is 2. The summed E-state index contributed by atoms with van der Waals surface area (Å²) in [5, 5.41) is 5.65. The Morgan fingerprint density at radius 3 is 2.15 bits per heavy atom. The molecular weight excluding hydrogens is 426 g/mol. The number of rotatable bonds is 9. The summed E-state index contributed by atoms with van der Waals surface area (Å²) in [6.07, 6.45) is 1.39.